The molecule has 0 aliphatic rings. The van der Waals surface area contributed by atoms with Gasteiger partial charge in [-0.25, -0.2) is 15.3 Å². The molecule has 0 fully saturated rings. The Bertz CT molecular complexity index is 524. The second-order valence-corrected chi connectivity index (χ2v) is 4.03. The topological polar surface area (TPSA) is 82.2 Å². The maximum Gasteiger partial charge on any atom is 0.336 e. The van der Waals surface area contributed by atoms with Crippen LogP contribution in [0.2, 0.25) is 0 Å². The molecule has 3 N–H and O–H groups in total. The van der Waals surface area contributed by atoms with Crippen LogP contribution >= 0.6 is 0 Å². The van der Waals surface area contributed by atoms with Crippen molar-refractivity contribution in [3.63, 3.8) is 0 Å². The second-order valence-electron chi connectivity index (χ2n) is 4.03. The number of nitrogens with zero attached hydrogens (tertiary/aromatic N) is 2. The van der Waals surface area contributed by atoms with E-state index in [4.69, 9.17) is 10.6 Å². The number of imidazole rings is 1. The molecular formula is C13H16N4O2. The van der Waals surface area contributed by atoms with Crippen LogP contribution in [0.25, 0.3) is 5.69 Å². The fourth-order valence-electron chi connectivity index (χ4n) is 1.68. The van der Waals surface area contributed by atoms with E-state index in [2.05, 4.69) is 10.5 Å². The molecule has 6 heteroatoms. The summed E-state index contributed by atoms with van der Waals surface area (Å²) in [6.45, 7) is 0.404. The van der Waals surface area contributed by atoms with Crippen molar-refractivity contribution in [2.45, 2.75) is 12.8 Å². The number of urea groups is 1. The summed E-state index contributed by atoms with van der Waals surface area (Å²) >= 11 is 0. The number of aromatic nitrogens is 2. The number of hydroxylamine groups is 1. The van der Waals surface area contributed by atoms with Crippen molar-refractivity contribution in [2.24, 2.45) is 5.73 Å². The number of carbonyl (C=O) groups excluding carboxylic acids is 1. The summed E-state index contributed by atoms with van der Waals surface area (Å²) in [7, 11) is 0. The van der Waals surface area contributed by atoms with Crippen molar-refractivity contribution in [2.75, 3.05) is 6.61 Å². The largest absolute Gasteiger partial charge is 0.350 e. The lowest BCUT2D eigenvalue weighted by molar-refractivity contribution is 0.0628. The first-order chi connectivity index (χ1) is 9.25. The van der Waals surface area contributed by atoms with Gasteiger partial charge in [0.2, 0.25) is 0 Å². The van der Waals surface area contributed by atoms with E-state index in [9.17, 15) is 4.79 Å². The van der Waals surface area contributed by atoms with Crippen molar-refractivity contribution in [1.82, 2.24) is 15.0 Å². The number of amides is 2. The lowest BCUT2D eigenvalue weighted by Gasteiger charge is -2.01. The Morgan fingerprint density at radius 1 is 1.37 bits per heavy atom. The highest BCUT2D eigenvalue weighted by Gasteiger charge is 2.01. The number of rotatable bonds is 6. The molecule has 0 spiro atoms. The van der Waals surface area contributed by atoms with E-state index in [0.717, 1.165) is 24.2 Å². The Morgan fingerprint density at radius 2 is 2.16 bits per heavy atom. The molecule has 0 saturated carbocycles. The highest BCUT2D eigenvalue weighted by Crippen LogP contribution is 2.08. The zero-order valence-electron chi connectivity index (χ0n) is 10.5. The van der Waals surface area contributed by atoms with Crippen molar-refractivity contribution in [1.29, 1.82) is 0 Å². The van der Waals surface area contributed by atoms with Gasteiger partial charge in [-0.15, -0.1) is 0 Å². The van der Waals surface area contributed by atoms with E-state index >= 15 is 0 Å². The van der Waals surface area contributed by atoms with Gasteiger partial charge >= 0.3 is 6.03 Å². The summed E-state index contributed by atoms with van der Waals surface area (Å²) < 4.78 is 1.97. The molecule has 1 aromatic heterocycles. The third-order valence-corrected chi connectivity index (χ3v) is 2.54. The van der Waals surface area contributed by atoms with Crippen LogP contribution in [0.15, 0.2) is 42.9 Å². The van der Waals surface area contributed by atoms with Crippen LogP contribution in [0, 0.1) is 0 Å². The van der Waals surface area contributed by atoms with Crippen molar-refractivity contribution < 1.29 is 9.63 Å². The predicted molar refractivity (Wildman–Crippen MR) is 70.6 cm³/mol. The van der Waals surface area contributed by atoms with E-state index in [-0.39, 0.29) is 0 Å². The minimum atomic E-state index is -0.687. The number of benzene rings is 1. The van der Waals surface area contributed by atoms with Gasteiger partial charge in [-0.3, -0.25) is 4.84 Å². The summed E-state index contributed by atoms with van der Waals surface area (Å²) in [6.07, 6.45) is 5.30. The van der Waals surface area contributed by atoms with Crippen molar-refractivity contribution >= 4 is 6.03 Å². The molecule has 19 heavy (non-hydrogen) atoms. The predicted octanol–water partition coefficient (Wildman–Crippen LogP) is 1.40. The summed E-state index contributed by atoms with van der Waals surface area (Å²) in [5, 5.41) is 0. The lowest BCUT2D eigenvalue weighted by atomic mass is 10.2. The maximum absolute atomic E-state index is 10.4. The van der Waals surface area contributed by atoms with Crippen LogP contribution < -0.4 is 11.2 Å². The Hall–Kier alpha value is -2.34. The molecule has 2 rings (SSSR count). The number of carbonyl (C=O) groups is 1. The van der Waals surface area contributed by atoms with E-state index < -0.39 is 6.03 Å². The first-order valence-electron chi connectivity index (χ1n) is 6.01. The third-order valence-electron chi connectivity index (χ3n) is 2.54. The molecule has 2 aromatic rings. The van der Waals surface area contributed by atoms with E-state index in [1.165, 1.54) is 0 Å². The quantitative estimate of drug-likeness (QED) is 0.608. The number of hydrogen-bond donors (Lipinski definition) is 2. The van der Waals surface area contributed by atoms with Crippen LogP contribution in [-0.4, -0.2) is 22.2 Å². The van der Waals surface area contributed by atoms with Crippen LogP contribution in [0.1, 0.15) is 12.1 Å². The van der Waals surface area contributed by atoms with Gasteiger partial charge in [0.25, 0.3) is 0 Å². The van der Waals surface area contributed by atoms with Crippen LogP contribution in [-0.2, 0) is 11.3 Å². The number of primary amides is 1. The number of nitrogens with two attached hydrogens (primary N) is 1. The van der Waals surface area contributed by atoms with Crippen LogP contribution in [0.3, 0.4) is 0 Å². The second kappa shape index (κ2) is 6.55. The van der Waals surface area contributed by atoms with Gasteiger partial charge in [-0.2, -0.15) is 0 Å². The smallest absolute Gasteiger partial charge is 0.336 e. The molecular weight excluding hydrogens is 244 g/mol. The molecule has 0 aliphatic heterocycles. The molecule has 0 unspecified atom stereocenters. The van der Waals surface area contributed by atoms with Gasteiger partial charge in [-0.1, -0.05) is 18.2 Å². The molecule has 0 bridgehead atoms. The fraction of sp³-hybridized carbons (Fsp3) is 0.231. The van der Waals surface area contributed by atoms with Gasteiger partial charge in [0, 0.05) is 11.9 Å². The minimum absolute atomic E-state index is 0.404. The van der Waals surface area contributed by atoms with E-state index in [1.54, 1.807) is 6.33 Å². The summed E-state index contributed by atoms with van der Waals surface area (Å²) in [5.74, 6) is 0. The zero-order valence-corrected chi connectivity index (χ0v) is 10.5. The molecule has 6 nitrogen and oxygen atoms in total. The number of nitrogens with one attached hydrogen (secondary N) is 1. The van der Waals surface area contributed by atoms with Crippen molar-refractivity contribution in [3.8, 4) is 5.69 Å². The highest BCUT2D eigenvalue weighted by atomic mass is 16.7. The Balaban J connectivity index is 1.80. The molecule has 0 saturated heterocycles. The summed E-state index contributed by atoms with van der Waals surface area (Å²) in [6, 6.07) is 9.30. The minimum Gasteiger partial charge on any atom is -0.350 e. The molecule has 1 heterocycles. The van der Waals surface area contributed by atoms with E-state index in [0.29, 0.717) is 6.61 Å². The monoisotopic (exact) mass is 260 g/mol. The van der Waals surface area contributed by atoms with Gasteiger partial charge in [0.15, 0.2) is 0 Å². The van der Waals surface area contributed by atoms with Crippen molar-refractivity contribution in [3.05, 3.63) is 48.5 Å². The first-order valence-corrected chi connectivity index (χ1v) is 6.01. The highest BCUT2D eigenvalue weighted by molar-refractivity contribution is 5.70. The zero-order chi connectivity index (χ0) is 13.5. The van der Waals surface area contributed by atoms with Gasteiger partial charge < -0.3 is 10.3 Å². The summed E-state index contributed by atoms with van der Waals surface area (Å²) in [4.78, 5) is 19.5. The molecule has 1 aromatic carbocycles. The normalized spacial score (nSPS) is 10.3. The Labute approximate surface area is 111 Å². The molecule has 0 radical (unpaired) electrons. The van der Waals surface area contributed by atoms with E-state index in [1.807, 2.05) is 41.1 Å². The first kappa shape index (κ1) is 13.1. The Morgan fingerprint density at radius 3 is 2.89 bits per heavy atom. The van der Waals surface area contributed by atoms with Gasteiger partial charge in [0.1, 0.15) is 0 Å². The molecule has 100 valence electrons. The number of para-hydroxylation sites is 1. The third kappa shape index (κ3) is 4.11. The van der Waals surface area contributed by atoms with Crippen LogP contribution in [0.5, 0.6) is 0 Å². The maximum atomic E-state index is 10.4. The lowest BCUT2D eigenvalue weighted by Crippen LogP contribution is -2.29. The fourth-order valence-corrected chi connectivity index (χ4v) is 1.68. The van der Waals surface area contributed by atoms with Crippen LogP contribution in [0.4, 0.5) is 4.79 Å². The van der Waals surface area contributed by atoms with Gasteiger partial charge in [0.05, 0.1) is 18.6 Å². The average molecular weight is 260 g/mol. The standard InChI is InChI=1S/C13H16N4O2/c14-13(18)16-19-8-4-5-11-9-17(10-15-11)12-6-2-1-3-7-12/h1-3,6-7,9-10H,4-5,8H2,(H3,14,16,18). The SMILES string of the molecule is NC(=O)NOCCCc1cn(-c2ccccc2)cn1. The molecule has 2 amide bonds. The number of hydrogen-bond acceptors (Lipinski definition) is 3. The average Bonchev–Trinajstić information content (AvgIpc) is 2.88. The summed E-state index contributed by atoms with van der Waals surface area (Å²) in [5.41, 5.74) is 8.99. The number of aryl methyl sites for hydroxylation is 1. The van der Waals surface area contributed by atoms with Gasteiger partial charge in [-0.05, 0) is 25.0 Å². The Kier molecular flexibility index (Phi) is 4.52. The molecule has 0 aliphatic carbocycles. The molecule has 0 atom stereocenters.